The molecule has 190 valence electrons. The van der Waals surface area contributed by atoms with Gasteiger partial charge in [0.25, 0.3) is 5.79 Å². The molecule has 6 nitrogen and oxygen atoms in total. The maximum atomic E-state index is 16.7. The number of carbonyl (C=O) groups is 1. The highest BCUT2D eigenvalue weighted by Crippen LogP contribution is 2.54. The predicted octanol–water partition coefficient (Wildman–Crippen LogP) is 6.58. The Morgan fingerprint density at radius 3 is 2.23 bits per heavy atom. The number of fused-ring (bicyclic) bond motifs is 1. The van der Waals surface area contributed by atoms with Gasteiger partial charge in [0.1, 0.15) is 17.4 Å². The molecule has 3 aliphatic rings. The van der Waals surface area contributed by atoms with Crippen LogP contribution in [0.5, 0.6) is 17.2 Å². The Kier molecular flexibility index (Phi) is 6.55. The topological polar surface area (TPSA) is 72.7 Å². The zero-order valence-electron chi connectivity index (χ0n) is 19.2. The van der Waals surface area contributed by atoms with Crippen molar-refractivity contribution in [3.63, 3.8) is 0 Å². The van der Waals surface area contributed by atoms with Gasteiger partial charge in [-0.2, -0.15) is 4.39 Å². The number of carbonyl (C=O) groups excluding carboxylic acids is 1. The van der Waals surface area contributed by atoms with E-state index in [-0.39, 0.29) is 23.5 Å². The highest BCUT2D eigenvalue weighted by Gasteiger charge is 2.59. The summed E-state index contributed by atoms with van der Waals surface area (Å²) in [6.45, 7) is 0. The Bertz CT molecular complexity index is 1060. The lowest BCUT2D eigenvalue weighted by Crippen LogP contribution is -2.56. The molecule has 1 unspecified atom stereocenters. The molecule has 2 fully saturated rings. The van der Waals surface area contributed by atoms with Crippen LogP contribution in [-0.4, -0.2) is 18.2 Å². The quantitative estimate of drug-likeness (QED) is 0.362. The van der Waals surface area contributed by atoms with Gasteiger partial charge in [-0.3, -0.25) is 5.32 Å². The van der Waals surface area contributed by atoms with Crippen molar-refractivity contribution in [3.05, 3.63) is 41.6 Å². The third-order valence-electron chi connectivity index (χ3n) is 7.12. The number of benzene rings is 1. The third kappa shape index (κ3) is 4.79. The number of ether oxygens (including phenoxy) is 2. The largest absolute Gasteiger partial charge is 0.477 e. The molecular weight excluding hydrogens is 468 g/mol. The zero-order chi connectivity index (χ0) is 24.6. The average molecular weight is 497 g/mol. The number of furan rings is 1. The molecule has 0 radical (unpaired) electrons. The first-order valence-electron chi connectivity index (χ1n) is 12.2. The fraction of sp³-hybridized carbons (Fsp3) is 0.560. The van der Waals surface area contributed by atoms with E-state index in [0.717, 1.165) is 63.5 Å². The van der Waals surface area contributed by atoms with Gasteiger partial charge in [-0.15, -0.1) is 0 Å². The van der Waals surface area contributed by atoms with Crippen molar-refractivity contribution in [3.8, 4) is 17.2 Å². The Labute approximate surface area is 200 Å². The first kappa shape index (κ1) is 23.8. The van der Waals surface area contributed by atoms with Crippen molar-refractivity contribution in [2.75, 3.05) is 0 Å². The van der Waals surface area contributed by atoms with Crippen LogP contribution in [0.25, 0.3) is 0 Å². The molecule has 5 rings (SSSR count). The molecule has 2 N–H and O–H groups in total. The van der Waals surface area contributed by atoms with Gasteiger partial charge in [0.2, 0.25) is 17.3 Å². The van der Waals surface area contributed by atoms with E-state index in [4.69, 9.17) is 13.9 Å². The summed E-state index contributed by atoms with van der Waals surface area (Å²) in [6.07, 6.45) is 7.58. The molecule has 1 aliphatic heterocycles. The highest BCUT2D eigenvalue weighted by atomic mass is 19.2. The van der Waals surface area contributed by atoms with Crippen LogP contribution in [-0.2, 0) is 5.79 Å². The van der Waals surface area contributed by atoms with Crippen molar-refractivity contribution >= 4 is 6.03 Å². The number of rotatable bonds is 5. The number of alkyl halides is 1. The fourth-order valence-corrected chi connectivity index (χ4v) is 5.47. The number of halogens is 4. The lowest BCUT2D eigenvalue weighted by Gasteiger charge is -2.34. The van der Waals surface area contributed by atoms with E-state index in [1.54, 1.807) is 0 Å². The SMILES string of the molecule is O=C(NC1CCCCC1)N[C@@]1(F)c2oc(F)c(Oc3cc(F)cc(F)c3)c2OC1C1CCCCC1. The summed E-state index contributed by atoms with van der Waals surface area (Å²) < 4.78 is 75.0. The van der Waals surface area contributed by atoms with Gasteiger partial charge >= 0.3 is 12.0 Å². The molecule has 0 saturated heterocycles. The van der Waals surface area contributed by atoms with Crippen LogP contribution in [0.2, 0.25) is 0 Å². The predicted molar refractivity (Wildman–Crippen MR) is 117 cm³/mol. The Morgan fingerprint density at radius 1 is 0.943 bits per heavy atom. The first-order valence-corrected chi connectivity index (χ1v) is 12.2. The van der Waals surface area contributed by atoms with Gasteiger partial charge in [-0.05, 0) is 25.7 Å². The summed E-state index contributed by atoms with van der Waals surface area (Å²) in [5.41, 5.74) is 0. The molecule has 0 bridgehead atoms. The second-order valence-corrected chi connectivity index (χ2v) is 9.65. The van der Waals surface area contributed by atoms with Gasteiger partial charge in [0.15, 0.2) is 6.10 Å². The number of nitrogens with one attached hydrogen (secondary N) is 2. The summed E-state index contributed by atoms with van der Waals surface area (Å²) in [5, 5.41) is 5.15. The van der Waals surface area contributed by atoms with E-state index in [1.807, 2.05) is 0 Å². The molecular formula is C25H28F4N2O4. The van der Waals surface area contributed by atoms with Crippen molar-refractivity contribution in [2.24, 2.45) is 5.92 Å². The van der Waals surface area contributed by atoms with E-state index in [0.29, 0.717) is 18.9 Å². The molecule has 2 saturated carbocycles. The zero-order valence-corrected chi connectivity index (χ0v) is 19.2. The average Bonchev–Trinajstić information content (AvgIpc) is 3.27. The molecule has 2 aliphatic carbocycles. The monoisotopic (exact) mass is 496 g/mol. The van der Waals surface area contributed by atoms with E-state index >= 15 is 4.39 Å². The smallest absolute Gasteiger partial charge is 0.325 e. The number of hydrogen-bond acceptors (Lipinski definition) is 4. The number of urea groups is 1. The number of amides is 2. The summed E-state index contributed by atoms with van der Waals surface area (Å²) in [7, 11) is 0. The van der Waals surface area contributed by atoms with E-state index in [9.17, 15) is 18.0 Å². The molecule has 2 heterocycles. The van der Waals surface area contributed by atoms with Crippen LogP contribution < -0.4 is 20.1 Å². The Hall–Kier alpha value is -2.91. The standard InChI is InChI=1S/C25H28F4N2O4/c26-15-11-16(27)13-18(12-15)33-20-19-22(35-23(20)28)25(29,21(34-19)14-7-3-1-4-8-14)31-24(32)30-17-9-5-2-6-10-17/h11-14,17,21H,1-10H2,(H2,30,31,32)/t21?,25-/m1/s1. The first-order chi connectivity index (χ1) is 16.8. The maximum Gasteiger partial charge on any atom is 0.325 e. The fourth-order valence-electron chi connectivity index (χ4n) is 5.47. The van der Waals surface area contributed by atoms with Crippen LogP contribution in [0.15, 0.2) is 22.6 Å². The summed E-state index contributed by atoms with van der Waals surface area (Å²) in [6, 6.07) is 0.223. The Balaban J connectivity index is 1.44. The maximum absolute atomic E-state index is 16.7. The van der Waals surface area contributed by atoms with E-state index in [2.05, 4.69) is 10.6 Å². The summed E-state index contributed by atoms with van der Waals surface area (Å²) in [4.78, 5) is 12.8. The molecule has 10 heteroatoms. The molecule has 1 aromatic carbocycles. The molecule has 0 spiro atoms. The molecule has 2 aromatic rings. The molecule has 2 amide bonds. The van der Waals surface area contributed by atoms with Crippen molar-refractivity contribution < 1.29 is 36.2 Å². The Morgan fingerprint density at radius 2 is 1.57 bits per heavy atom. The lowest BCUT2D eigenvalue weighted by molar-refractivity contribution is -0.0395. The van der Waals surface area contributed by atoms with Crippen LogP contribution in [0.3, 0.4) is 0 Å². The second-order valence-electron chi connectivity index (χ2n) is 9.65. The van der Waals surface area contributed by atoms with Crippen molar-refractivity contribution in [1.82, 2.24) is 10.6 Å². The molecule has 35 heavy (non-hydrogen) atoms. The third-order valence-corrected chi connectivity index (χ3v) is 7.12. The lowest BCUT2D eigenvalue weighted by atomic mass is 9.82. The summed E-state index contributed by atoms with van der Waals surface area (Å²) in [5.74, 6) is -6.65. The second kappa shape index (κ2) is 9.62. The van der Waals surface area contributed by atoms with Crippen molar-refractivity contribution in [1.29, 1.82) is 0 Å². The van der Waals surface area contributed by atoms with Crippen LogP contribution in [0.1, 0.15) is 70.0 Å². The van der Waals surface area contributed by atoms with Crippen LogP contribution >= 0.6 is 0 Å². The van der Waals surface area contributed by atoms with Gasteiger partial charge in [0, 0.05) is 30.2 Å². The van der Waals surface area contributed by atoms with E-state index < -0.39 is 47.1 Å². The minimum absolute atomic E-state index is 0.0719. The van der Waals surface area contributed by atoms with E-state index in [1.165, 1.54) is 0 Å². The molecule has 2 atom stereocenters. The highest BCUT2D eigenvalue weighted by molar-refractivity contribution is 5.75. The van der Waals surface area contributed by atoms with Gasteiger partial charge in [-0.25, -0.2) is 18.0 Å². The van der Waals surface area contributed by atoms with Gasteiger partial charge in [0.05, 0.1) is 0 Å². The number of hydrogen-bond donors (Lipinski definition) is 2. The van der Waals surface area contributed by atoms with Crippen LogP contribution in [0, 0.1) is 23.6 Å². The molecule has 1 aromatic heterocycles. The minimum Gasteiger partial charge on any atom is -0.477 e. The normalized spacial score (nSPS) is 25.1. The van der Waals surface area contributed by atoms with Crippen molar-refractivity contribution in [2.45, 2.75) is 82.1 Å². The van der Waals surface area contributed by atoms with Gasteiger partial charge in [-0.1, -0.05) is 38.5 Å². The minimum atomic E-state index is -2.65. The van der Waals surface area contributed by atoms with Crippen LogP contribution in [0.4, 0.5) is 22.4 Å². The summed E-state index contributed by atoms with van der Waals surface area (Å²) >= 11 is 0. The van der Waals surface area contributed by atoms with Gasteiger partial charge < -0.3 is 19.2 Å².